The van der Waals surface area contributed by atoms with Crippen molar-refractivity contribution in [3.05, 3.63) is 83.5 Å². The fraction of sp³-hybridized carbons (Fsp3) is 0.387. The van der Waals surface area contributed by atoms with Crippen LogP contribution in [0.15, 0.2) is 70.8 Å². The first-order valence-electron chi connectivity index (χ1n) is 13.3. The van der Waals surface area contributed by atoms with Gasteiger partial charge >= 0.3 is 5.97 Å². The molecular formula is C31H34N2O5. The molecule has 2 aromatic carbocycles. The van der Waals surface area contributed by atoms with Gasteiger partial charge < -0.3 is 19.4 Å². The number of methoxy groups -OCH3 is 1. The molecule has 1 aromatic heterocycles. The highest BCUT2D eigenvalue weighted by atomic mass is 16.5. The number of likely N-dealkylation sites (tertiary alicyclic amines) is 1. The summed E-state index contributed by atoms with van der Waals surface area (Å²) in [7, 11) is 1.40. The van der Waals surface area contributed by atoms with Crippen LogP contribution in [0.1, 0.15) is 55.6 Å². The van der Waals surface area contributed by atoms with Crippen molar-refractivity contribution in [2.45, 2.75) is 58.5 Å². The number of benzene rings is 2. The highest BCUT2D eigenvalue weighted by molar-refractivity contribution is 5.93. The smallest absolute Gasteiger partial charge is 0.317 e. The van der Waals surface area contributed by atoms with Gasteiger partial charge in [-0.05, 0) is 61.1 Å². The third kappa shape index (κ3) is 4.97. The van der Waals surface area contributed by atoms with E-state index < -0.39 is 11.3 Å². The number of hydrogen-bond donors (Lipinski definition) is 1. The van der Waals surface area contributed by atoms with Gasteiger partial charge in [-0.2, -0.15) is 0 Å². The van der Waals surface area contributed by atoms with Crippen molar-refractivity contribution in [3.63, 3.8) is 0 Å². The second-order valence-electron chi connectivity index (χ2n) is 10.4. The molecule has 1 aliphatic carbocycles. The zero-order valence-corrected chi connectivity index (χ0v) is 22.0. The molecule has 1 aliphatic heterocycles. The maximum Gasteiger partial charge on any atom is 0.317 e. The van der Waals surface area contributed by atoms with Gasteiger partial charge in [0.05, 0.1) is 20.2 Å². The Hall–Kier alpha value is -3.87. The molecule has 1 saturated heterocycles. The standard InChI is InChI=1S/C31H34N2O5/c1-21-14-15-25(38-21)19-32-28(34)17-24-18-31(30(36)37-2)16-7-3-4-13-27(31)33(29(24)35)20-23-11-8-10-22-9-5-6-12-26(22)23/h5-6,8-15,24H,3-4,7,16-20H2,1-2H3,(H,32,34)/t24-,31-/m0/s1. The first-order chi connectivity index (χ1) is 18.4. The number of furan rings is 1. The van der Waals surface area contributed by atoms with E-state index in [9.17, 15) is 14.4 Å². The summed E-state index contributed by atoms with van der Waals surface area (Å²) in [5, 5.41) is 5.03. The van der Waals surface area contributed by atoms with Crippen LogP contribution in [-0.4, -0.2) is 29.8 Å². The largest absolute Gasteiger partial charge is 0.468 e. The number of rotatable bonds is 7. The number of fused-ring (bicyclic) bond motifs is 2. The number of esters is 1. The summed E-state index contributed by atoms with van der Waals surface area (Å²) in [6.07, 6.45) is 5.48. The molecule has 1 fully saturated rings. The van der Waals surface area contributed by atoms with Gasteiger partial charge in [0, 0.05) is 18.0 Å². The van der Waals surface area contributed by atoms with E-state index in [0.29, 0.717) is 18.7 Å². The lowest BCUT2D eigenvalue weighted by Gasteiger charge is -2.46. The molecule has 0 spiro atoms. The minimum atomic E-state index is -0.952. The van der Waals surface area contributed by atoms with E-state index in [2.05, 4.69) is 11.4 Å². The molecule has 0 bridgehead atoms. The van der Waals surface area contributed by atoms with E-state index in [-0.39, 0.29) is 37.2 Å². The molecule has 3 aromatic rings. The van der Waals surface area contributed by atoms with Crippen LogP contribution in [0.2, 0.25) is 0 Å². The van der Waals surface area contributed by atoms with Gasteiger partial charge in [0.1, 0.15) is 16.9 Å². The van der Waals surface area contributed by atoms with E-state index >= 15 is 0 Å². The highest BCUT2D eigenvalue weighted by Crippen LogP contribution is 2.50. The van der Waals surface area contributed by atoms with Gasteiger partial charge in [-0.3, -0.25) is 14.4 Å². The van der Waals surface area contributed by atoms with Crippen molar-refractivity contribution in [2.24, 2.45) is 11.3 Å². The van der Waals surface area contributed by atoms with Crippen LogP contribution in [-0.2, 0) is 32.2 Å². The second-order valence-corrected chi connectivity index (χ2v) is 10.4. The number of ether oxygens (including phenoxy) is 1. The Kier molecular flexibility index (Phi) is 7.36. The van der Waals surface area contributed by atoms with Crippen LogP contribution < -0.4 is 5.32 Å². The van der Waals surface area contributed by atoms with Crippen molar-refractivity contribution >= 4 is 28.6 Å². The first kappa shape index (κ1) is 25.8. The fourth-order valence-electron chi connectivity index (χ4n) is 6.03. The van der Waals surface area contributed by atoms with Gasteiger partial charge in [-0.1, -0.05) is 55.0 Å². The van der Waals surface area contributed by atoms with Crippen molar-refractivity contribution in [1.82, 2.24) is 10.2 Å². The SMILES string of the molecule is COC(=O)[C@]12CCCCC=C1N(Cc1cccc3ccccc13)C(=O)[C@@H](CC(=O)NCc1ccc(C)o1)C2. The predicted octanol–water partition coefficient (Wildman–Crippen LogP) is 5.41. The summed E-state index contributed by atoms with van der Waals surface area (Å²) >= 11 is 0. The summed E-state index contributed by atoms with van der Waals surface area (Å²) < 4.78 is 10.9. The van der Waals surface area contributed by atoms with Gasteiger partial charge in [-0.15, -0.1) is 0 Å². The molecule has 5 rings (SSSR count). The van der Waals surface area contributed by atoms with Crippen LogP contribution in [0.5, 0.6) is 0 Å². The Morgan fingerprint density at radius 1 is 1.11 bits per heavy atom. The molecule has 1 N–H and O–H groups in total. The summed E-state index contributed by atoms with van der Waals surface area (Å²) in [5.74, 6) is 0.0743. The molecule has 0 unspecified atom stereocenters. The van der Waals surface area contributed by atoms with Gasteiger partial charge in [0.15, 0.2) is 0 Å². The van der Waals surface area contributed by atoms with Crippen molar-refractivity contribution in [2.75, 3.05) is 7.11 Å². The predicted molar refractivity (Wildman–Crippen MR) is 144 cm³/mol. The summed E-state index contributed by atoms with van der Waals surface area (Å²) in [5.41, 5.74) is 0.772. The Bertz CT molecular complexity index is 1380. The van der Waals surface area contributed by atoms with Crippen molar-refractivity contribution in [3.8, 4) is 0 Å². The third-order valence-corrected chi connectivity index (χ3v) is 7.86. The van der Waals surface area contributed by atoms with Crippen LogP contribution in [0, 0.1) is 18.3 Å². The molecule has 7 nitrogen and oxygen atoms in total. The molecule has 2 aliphatic rings. The normalized spacial score (nSPS) is 21.4. The van der Waals surface area contributed by atoms with Gasteiger partial charge in [0.25, 0.3) is 0 Å². The Labute approximate surface area is 222 Å². The quantitative estimate of drug-likeness (QED) is 0.426. The van der Waals surface area contributed by atoms with E-state index in [4.69, 9.17) is 9.15 Å². The van der Waals surface area contributed by atoms with E-state index in [1.807, 2.05) is 61.5 Å². The fourth-order valence-corrected chi connectivity index (χ4v) is 6.03. The van der Waals surface area contributed by atoms with Crippen LogP contribution >= 0.6 is 0 Å². The summed E-state index contributed by atoms with van der Waals surface area (Å²) in [6, 6.07) is 17.8. The number of amides is 2. The topological polar surface area (TPSA) is 88.8 Å². The number of aryl methyl sites for hydroxylation is 1. The van der Waals surface area contributed by atoms with E-state index in [0.717, 1.165) is 47.1 Å². The Morgan fingerprint density at radius 3 is 2.71 bits per heavy atom. The lowest BCUT2D eigenvalue weighted by molar-refractivity contribution is -0.160. The number of carbonyl (C=O) groups excluding carboxylic acids is 3. The second kappa shape index (κ2) is 10.9. The number of nitrogens with zero attached hydrogens (tertiary/aromatic N) is 1. The number of carbonyl (C=O) groups is 3. The molecular weight excluding hydrogens is 480 g/mol. The molecule has 198 valence electrons. The number of allylic oxidation sites excluding steroid dienone is 1. The third-order valence-electron chi connectivity index (χ3n) is 7.86. The minimum absolute atomic E-state index is 0.00339. The number of piperidine rings is 1. The van der Waals surface area contributed by atoms with Crippen LogP contribution in [0.25, 0.3) is 10.8 Å². The molecule has 2 atom stereocenters. The van der Waals surface area contributed by atoms with Gasteiger partial charge in [-0.25, -0.2) is 0 Å². The molecule has 38 heavy (non-hydrogen) atoms. The van der Waals surface area contributed by atoms with Crippen LogP contribution in [0.3, 0.4) is 0 Å². The van der Waals surface area contributed by atoms with E-state index in [1.54, 1.807) is 4.90 Å². The average molecular weight is 515 g/mol. The van der Waals surface area contributed by atoms with Crippen molar-refractivity contribution in [1.29, 1.82) is 0 Å². The summed E-state index contributed by atoms with van der Waals surface area (Å²) in [6.45, 7) is 2.43. The zero-order chi connectivity index (χ0) is 26.7. The average Bonchev–Trinajstić information content (AvgIpc) is 3.23. The molecule has 7 heteroatoms. The van der Waals surface area contributed by atoms with Crippen LogP contribution in [0.4, 0.5) is 0 Å². The number of nitrogens with one attached hydrogen (secondary N) is 1. The maximum atomic E-state index is 14.0. The molecule has 2 amide bonds. The number of hydrogen-bond acceptors (Lipinski definition) is 5. The monoisotopic (exact) mass is 514 g/mol. The molecule has 0 saturated carbocycles. The summed E-state index contributed by atoms with van der Waals surface area (Å²) in [4.78, 5) is 42.2. The lowest BCUT2D eigenvalue weighted by atomic mass is 9.69. The van der Waals surface area contributed by atoms with Gasteiger partial charge in [0.2, 0.25) is 11.8 Å². The minimum Gasteiger partial charge on any atom is -0.468 e. The maximum absolute atomic E-state index is 14.0. The first-order valence-corrected chi connectivity index (χ1v) is 13.3. The van der Waals surface area contributed by atoms with Crippen molar-refractivity contribution < 1.29 is 23.5 Å². The highest BCUT2D eigenvalue weighted by Gasteiger charge is 2.53. The molecule has 2 heterocycles. The molecule has 0 radical (unpaired) electrons. The Balaban J connectivity index is 1.47. The Morgan fingerprint density at radius 2 is 1.92 bits per heavy atom. The zero-order valence-electron chi connectivity index (χ0n) is 22.0. The lowest BCUT2D eigenvalue weighted by Crippen LogP contribution is -2.53. The van der Waals surface area contributed by atoms with E-state index in [1.165, 1.54) is 7.11 Å².